The van der Waals surface area contributed by atoms with Gasteiger partial charge in [-0.05, 0) is 23.8 Å². The average molecular weight is 353 g/mol. The first-order chi connectivity index (χ1) is 7.21. The van der Waals surface area contributed by atoms with Crippen LogP contribution in [0.15, 0.2) is 23.1 Å². The molecule has 0 fully saturated rings. The molecule has 17 heavy (non-hydrogen) atoms. The Kier molecular flexibility index (Phi) is 5.05. The van der Waals surface area contributed by atoms with Crippen molar-refractivity contribution < 1.29 is 55.2 Å². The Morgan fingerprint density at radius 3 is 1.94 bits per heavy atom. The second-order valence-electron chi connectivity index (χ2n) is 2.81. The molecule has 0 aromatic heterocycles. The summed E-state index contributed by atoms with van der Waals surface area (Å²) in [7, 11) is -4.67. The van der Waals surface area contributed by atoms with Crippen LogP contribution in [0.1, 0.15) is 20.7 Å². The Balaban J connectivity index is 0.00000256. The maximum absolute atomic E-state index is 10.7. The largest absolute Gasteiger partial charge is 1.00 e. The van der Waals surface area contributed by atoms with Crippen molar-refractivity contribution in [1.29, 1.82) is 0 Å². The molecule has 7 nitrogen and oxygen atoms in total. The van der Waals surface area contributed by atoms with Gasteiger partial charge in [0, 0.05) is 0 Å². The van der Waals surface area contributed by atoms with E-state index in [1.54, 1.807) is 0 Å². The smallest absolute Gasteiger partial charge is 0.545 e. The summed E-state index contributed by atoms with van der Waals surface area (Å²) in [5.41, 5.74) is -1.22. The molecule has 96 valence electrons. The maximum atomic E-state index is 10.7. The van der Waals surface area contributed by atoms with Crippen LogP contribution >= 0.6 is 0 Å². The summed E-state index contributed by atoms with van der Waals surface area (Å²) >= 11 is 0. The summed E-state index contributed by atoms with van der Waals surface area (Å²) in [6, 6.07) is 1.98. The van der Waals surface area contributed by atoms with Gasteiger partial charge in [0.25, 0.3) is 10.1 Å². The summed E-state index contributed by atoms with van der Waals surface area (Å²) in [5, 5.41) is 19.1. The molecule has 0 bridgehead atoms. The van der Waals surface area contributed by atoms with Gasteiger partial charge in [-0.25, -0.2) is 4.79 Å². The first kappa shape index (κ1) is 15.8. The van der Waals surface area contributed by atoms with Crippen molar-refractivity contribution in [3.8, 4) is 0 Å². The zero-order valence-corrected chi connectivity index (χ0v) is 10.2. The number of carbonyl (C=O) groups excluding carboxylic acids is 1. The number of carboxylic acid groups (broad SMARTS) is 2. The van der Waals surface area contributed by atoms with Crippen molar-refractivity contribution in [3.05, 3.63) is 29.3 Å². The molecule has 1 rings (SSSR count). The number of benzene rings is 1. The van der Waals surface area contributed by atoms with Crippen LogP contribution in [0.3, 0.4) is 0 Å². The van der Waals surface area contributed by atoms with Crippen LogP contribution in [0.4, 0.5) is 0 Å². The topological polar surface area (TPSA) is 132 Å². The van der Waals surface area contributed by atoms with Crippen molar-refractivity contribution in [2.75, 3.05) is 0 Å². The van der Waals surface area contributed by atoms with Crippen LogP contribution < -0.4 is 5.11 Å². The van der Waals surface area contributed by atoms with Crippen molar-refractivity contribution >= 4 is 22.1 Å². The molecule has 2 N–H and O–H groups in total. The first-order valence-electron chi connectivity index (χ1n) is 3.79. The van der Waals surface area contributed by atoms with Crippen molar-refractivity contribution in [2.24, 2.45) is 0 Å². The second kappa shape index (κ2) is 5.43. The fourth-order valence-corrected chi connectivity index (χ4v) is 1.54. The van der Waals surface area contributed by atoms with Crippen LogP contribution in [-0.4, -0.2) is 30.0 Å². The third-order valence-corrected chi connectivity index (χ3v) is 2.52. The molecule has 0 atom stereocenters. The second-order valence-corrected chi connectivity index (χ2v) is 4.24. The number of aromatic carboxylic acids is 2. The molecule has 0 aliphatic carbocycles. The van der Waals surface area contributed by atoms with Gasteiger partial charge >= 0.3 is 28.3 Å². The van der Waals surface area contributed by atoms with Gasteiger partial charge in [0.05, 0.1) is 16.4 Å². The van der Waals surface area contributed by atoms with Gasteiger partial charge in [-0.1, -0.05) is 0 Å². The van der Waals surface area contributed by atoms with Crippen molar-refractivity contribution in [3.63, 3.8) is 0 Å². The molecular weight excluding hydrogens is 348 g/mol. The summed E-state index contributed by atoms with van der Waals surface area (Å²) < 4.78 is 30.1. The number of hydrogen-bond acceptors (Lipinski definition) is 5. The van der Waals surface area contributed by atoms with Gasteiger partial charge in [-0.2, -0.15) is 8.42 Å². The molecular formula is C8H5AgO7S. The van der Waals surface area contributed by atoms with Crippen molar-refractivity contribution in [1.82, 2.24) is 0 Å². The minimum Gasteiger partial charge on any atom is -0.545 e. The van der Waals surface area contributed by atoms with E-state index in [0.717, 1.165) is 6.07 Å². The third kappa shape index (κ3) is 3.95. The number of hydrogen-bond donors (Lipinski definition) is 2. The summed E-state index contributed by atoms with van der Waals surface area (Å²) in [4.78, 5) is 20.2. The van der Waals surface area contributed by atoms with Crippen LogP contribution in [0.25, 0.3) is 0 Å². The zero-order valence-electron chi connectivity index (χ0n) is 7.88. The molecule has 0 aliphatic rings. The van der Waals surface area contributed by atoms with Crippen LogP contribution in [-0.2, 0) is 32.5 Å². The van der Waals surface area contributed by atoms with Crippen molar-refractivity contribution in [2.45, 2.75) is 4.90 Å². The molecule has 0 saturated heterocycles. The Morgan fingerprint density at radius 2 is 1.59 bits per heavy atom. The number of carboxylic acids is 2. The quantitative estimate of drug-likeness (QED) is 0.526. The molecule has 1 aromatic rings. The first-order valence-corrected chi connectivity index (χ1v) is 5.23. The minimum atomic E-state index is -4.67. The predicted molar refractivity (Wildman–Crippen MR) is 47.5 cm³/mol. The molecule has 0 radical (unpaired) electrons. The van der Waals surface area contributed by atoms with Gasteiger partial charge in [-0.15, -0.1) is 0 Å². The zero-order chi connectivity index (χ0) is 12.5. The van der Waals surface area contributed by atoms with Gasteiger partial charge < -0.3 is 15.0 Å². The average Bonchev–Trinajstić information content (AvgIpc) is 2.15. The summed E-state index contributed by atoms with van der Waals surface area (Å²) in [6.45, 7) is 0. The molecule has 0 saturated carbocycles. The van der Waals surface area contributed by atoms with Crippen LogP contribution in [0.5, 0.6) is 0 Å². The van der Waals surface area contributed by atoms with E-state index in [4.69, 9.17) is 9.66 Å². The van der Waals surface area contributed by atoms with E-state index in [9.17, 15) is 23.1 Å². The van der Waals surface area contributed by atoms with E-state index < -0.39 is 38.1 Å². The Hall–Kier alpha value is -1.19. The van der Waals surface area contributed by atoms with Crippen LogP contribution in [0.2, 0.25) is 0 Å². The normalized spacial score (nSPS) is 10.4. The molecule has 9 heteroatoms. The van der Waals surface area contributed by atoms with E-state index in [-0.39, 0.29) is 22.4 Å². The Morgan fingerprint density at radius 1 is 1.12 bits per heavy atom. The van der Waals surface area contributed by atoms with Gasteiger partial charge in [-0.3, -0.25) is 4.55 Å². The predicted octanol–water partition coefficient (Wildman–Crippen LogP) is -1.01. The number of carbonyl (C=O) groups is 2. The van der Waals surface area contributed by atoms with E-state index in [0.29, 0.717) is 12.1 Å². The molecule has 1 aromatic carbocycles. The molecule has 0 unspecified atom stereocenters. The van der Waals surface area contributed by atoms with Crippen LogP contribution in [0, 0.1) is 0 Å². The standard InChI is InChI=1S/C8H6O7S.Ag/c9-7(10)4-1-5(8(11)12)3-6(2-4)16(13,14)15;/h1-3H,(H,9,10)(H,11,12)(H,13,14,15);/q;+1/p-1. The fraction of sp³-hybridized carbons (Fsp3) is 0. The third-order valence-electron chi connectivity index (χ3n) is 1.69. The van der Waals surface area contributed by atoms with E-state index in [2.05, 4.69) is 0 Å². The minimum absolute atomic E-state index is 0. The SMILES string of the molecule is O=C([O-])c1cc(C(=O)O)cc(S(=O)(=O)O)c1.[Ag+]. The fourth-order valence-electron chi connectivity index (χ4n) is 0.989. The van der Waals surface area contributed by atoms with E-state index >= 15 is 0 Å². The maximum Gasteiger partial charge on any atom is 1.00 e. The Bertz CT molecular complexity index is 531. The summed E-state index contributed by atoms with van der Waals surface area (Å²) in [6.07, 6.45) is 0. The van der Waals surface area contributed by atoms with Gasteiger partial charge in [0.2, 0.25) is 0 Å². The molecule has 0 aliphatic heterocycles. The molecule has 0 amide bonds. The molecule has 0 heterocycles. The monoisotopic (exact) mass is 352 g/mol. The number of rotatable bonds is 3. The van der Waals surface area contributed by atoms with Gasteiger partial charge in [0.15, 0.2) is 0 Å². The van der Waals surface area contributed by atoms with Gasteiger partial charge in [0.1, 0.15) is 0 Å². The van der Waals surface area contributed by atoms with E-state index in [1.807, 2.05) is 0 Å². The Labute approximate surface area is 111 Å². The molecule has 0 spiro atoms. The summed E-state index contributed by atoms with van der Waals surface area (Å²) in [5.74, 6) is -3.26. The van der Waals surface area contributed by atoms with E-state index in [1.165, 1.54) is 0 Å².